The van der Waals surface area contributed by atoms with Gasteiger partial charge in [0.1, 0.15) is 11.3 Å². The van der Waals surface area contributed by atoms with E-state index in [2.05, 4.69) is 10.1 Å². The molecule has 0 aliphatic rings. The Morgan fingerprint density at radius 3 is 2.36 bits per heavy atom. The molecule has 25 heavy (non-hydrogen) atoms. The molecule has 0 bridgehead atoms. The molecule has 6 nitrogen and oxygen atoms in total. The molecule has 0 heterocycles. The van der Waals surface area contributed by atoms with Crippen LogP contribution in [0.5, 0.6) is 17.2 Å². The highest BCUT2D eigenvalue weighted by atomic mass is 35.5. The summed E-state index contributed by atoms with van der Waals surface area (Å²) in [5.41, 5.74) is 1.69. The third kappa shape index (κ3) is 4.35. The fourth-order valence-electron chi connectivity index (χ4n) is 2.34. The summed E-state index contributed by atoms with van der Waals surface area (Å²) in [7, 11) is 4.23. The van der Waals surface area contributed by atoms with Crippen LogP contribution in [0.3, 0.4) is 0 Å². The van der Waals surface area contributed by atoms with Crippen LogP contribution in [-0.4, -0.2) is 32.4 Å². The number of methoxy groups -OCH3 is 3. The zero-order valence-electron chi connectivity index (χ0n) is 14.3. The minimum absolute atomic E-state index is 0.00463. The van der Waals surface area contributed by atoms with Crippen LogP contribution < -0.4 is 14.8 Å². The third-order valence-electron chi connectivity index (χ3n) is 3.68. The number of carbonyl (C=O) groups excluding carboxylic acids is 1. The quantitative estimate of drug-likeness (QED) is 0.734. The number of esters is 1. The lowest BCUT2D eigenvalue weighted by Crippen LogP contribution is -2.14. The van der Waals surface area contributed by atoms with Crippen molar-refractivity contribution in [3.05, 3.63) is 52.0 Å². The van der Waals surface area contributed by atoms with E-state index in [9.17, 15) is 9.90 Å². The maximum absolute atomic E-state index is 11.8. The molecule has 0 amide bonds. The number of aromatic hydroxyl groups is 1. The standard InChI is InChI=1S/C18H20ClNO5/c1-23-13-6-4-11(5-7-13)9-20-10-12-8-14(18(22)25-3)16(21)17(24-2)15(12)19/h4-8,20-21H,9-10H2,1-3H3. The van der Waals surface area contributed by atoms with Gasteiger partial charge in [-0.25, -0.2) is 4.79 Å². The lowest BCUT2D eigenvalue weighted by atomic mass is 10.1. The van der Waals surface area contributed by atoms with Crippen LogP contribution in [0, 0.1) is 0 Å². The average Bonchev–Trinajstić information content (AvgIpc) is 2.64. The van der Waals surface area contributed by atoms with Crippen LogP contribution in [0.4, 0.5) is 0 Å². The lowest BCUT2D eigenvalue weighted by Gasteiger charge is -2.14. The molecule has 2 aromatic carbocycles. The van der Waals surface area contributed by atoms with E-state index in [0.29, 0.717) is 18.7 Å². The molecule has 134 valence electrons. The molecule has 0 atom stereocenters. The van der Waals surface area contributed by atoms with Crippen molar-refractivity contribution in [2.45, 2.75) is 13.1 Å². The Balaban J connectivity index is 2.16. The topological polar surface area (TPSA) is 77.0 Å². The van der Waals surface area contributed by atoms with Crippen LogP contribution >= 0.6 is 11.6 Å². The van der Waals surface area contributed by atoms with E-state index in [1.165, 1.54) is 20.3 Å². The molecule has 2 aromatic rings. The molecular weight excluding hydrogens is 346 g/mol. The van der Waals surface area contributed by atoms with Gasteiger partial charge in [-0.3, -0.25) is 0 Å². The first-order valence-electron chi connectivity index (χ1n) is 7.52. The highest BCUT2D eigenvalue weighted by Crippen LogP contribution is 2.40. The molecule has 2 rings (SSSR count). The second-order valence-electron chi connectivity index (χ2n) is 5.22. The zero-order valence-corrected chi connectivity index (χ0v) is 15.0. The molecule has 0 aliphatic heterocycles. The van der Waals surface area contributed by atoms with Crippen molar-refractivity contribution in [1.29, 1.82) is 0 Å². The number of phenols is 1. The van der Waals surface area contributed by atoms with E-state index in [4.69, 9.17) is 21.1 Å². The molecule has 2 N–H and O–H groups in total. The molecule has 7 heteroatoms. The molecule has 0 radical (unpaired) electrons. The average molecular weight is 366 g/mol. The van der Waals surface area contributed by atoms with Crippen molar-refractivity contribution in [3.63, 3.8) is 0 Å². The van der Waals surface area contributed by atoms with Crippen molar-refractivity contribution in [1.82, 2.24) is 5.32 Å². The largest absolute Gasteiger partial charge is 0.504 e. The number of phenolic OH excluding ortho intramolecular Hbond substituents is 1. The molecular formula is C18H20ClNO5. The summed E-state index contributed by atoms with van der Waals surface area (Å²) in [6.07, 6.45) is 0. The van der Waals surface area contributed by atoms with Gasteiger partial charge in [-0.1, -0.05) is 23.7 Å². The molecule has 0 aliphatic carbocycles. The maximum atomic E-state index is 11.8. The van der Waals surface area contributed by atoms with Crippen LogP contribution in [-0.2, 0) is 17.8 Å². The first-order chi connectivity index (χ1) is 12.0. The summed E-state index contributed by atoms with van der Waals surface area (Å²) in [5.74, 6) is -0.161. The van der Waals surface area contributed by atoms with Gasteiger partial charge in [-0.2, -0.15) is 0 Å². The maximum Gasteiger partial charge on any atom is 0.341 e. The van der Waals surface area contributed by atoms with Gasteiger partial charge in [0.25, 0.3) is 0 Å². The van der Waals surface area contributed by atoms with E-state index in [1.807, 2.05) is 24.3 Å². The normalized spacial score (nSPS) is 10.4. The van der Waals surface area contributed by atoms with Gasteiger partial charge in [0.15, 0.2) is 11.5 Å². The Labute approximate surface area is 151 Å². The molecule has 0 unspecified atom stereocenters. The summed E-state index contributed by atoms with van der Waals surface area (Å²) in [6.45, 7) is 0.975. The number of rotatable bonds is 7. The van der Waals surface area contributed by atoms with Gasteiger partial charge in [0.05, 0.1) is 26.4 Å². The monoisotopic (exact) mass is 365 g/mol. The third-order valence-corrected chi connectivity index (χ3v) is 4.10. The second kappa shape index (κ2) is 8.60. The Morgan fingerprint density at radius 2 is 1.80 bits per heavy atom. The Morgan fingerprint density at radius 1 is 1.12 bits per heavy atom. The van der Waals surface area contributed by atoms with Gasteiger partial charge in [0.2, 0.25) is 0 Å². The Hall–Kier alpha value is -2.44. The van der Waals surface area contributed by atoms with Crippen molar-refractivity contribution in [2.75, 3.05) is 21.3 Å². The van der Waals surface area contributed by atoms with Crippen molar-refractivity contribution in [2.24, 2.45) is 0 Å². The highest BCUT2D eigenvalue weighted by Gasteiger charge is 2.21. The summed E-state index contributed by atoms with van der Waals surface area (Å²) >= 11 is 6.26. The number of nitrogens with one attached hydrogen (secondary N) is 1. The summed E-state index contributed by atoms with van der Waals surface area (Å²) < 4.78 is 14.9. The number of benzene rings is 2. The first kappa shape index (κ1) is 18.9. The van der Waals surface area contributed by atoms with Gasteiger partial charge < -0.3 is 24.6 Å². The number of hydrogen-bond donors (Lipinski definition) is 2. The smallest absolute Gasteiger partial charge is 0.341 e. The van der Waals surface area contributed by atoms with Gasteiger partial charge in [-0.15, -0.1) is 0 Å². The number of hydrogen-bond acceptors (Lipinski definition) is 6. The molecule has 0 saturated heterocycles. The minimum Gasteiger partial charge on any atom is -0.504 e. The predicted molar refractivity (Wildman–Crippen MR) is 94.5 cm³/mol. The van der Waals surface area contributed by atoms with E-state index >= 15 is 0 Å². The van der Waals surface area contributed by atoms with Gasteiger partial charge in [-0.05, 0) is 29.3 Å². The lowest BCUT2D eigenvalue weighted by molar-refractivity contribution is 0.0596. The van der Waals surface area contributed by atoms with Gasteiger partial charge in [0, 0.05) is 13.1 Å². The summed E-state index contributed by atoms with van der Waals surface area (Å²) in [5, 5.41) is 13.6. The Kier molecular flexibility index (Phi) is 6.50. The summed E-state index contributed by atoms with van der Waals surface area (Å²) in [6, 6.07) is 9.15. The van der Waals surface area contributed by atoms with Crippen molar-refractivity contribution < 1.29 is 24.1 Å². The number of ether oxygens (including phenoxy) is 3. The van der Waals surface area contributed by atoms with Crippen molar-refractivity contribution >= 4 is 17.6 Å². The van der Waals surface area contributed by atoms with E-state index in [-0.39, 0.29) is 22.1 Å². The summed E-state index contributed by atoms with van der Waals surface area (Å²) in [4.78, 5) is 11.8. The number of halogens is 1. The zero-order chi connectivity index (χ0) is 18.4. The van der Waals surface area contributed by atoms with Crippen LogP contribution in [0.25, 0.3) is 0 Å². The van der Waals surface area contributed by atoms with Crippen LogP contribution in [0.2, 0.25) is 5.02 Å². The van der Waals surface area contributed by atoms with E-state index < -0.39 is 5.97 Å². The van der Waals surface area contributed by atoms with Crippen LogP contribution in [0.15, 0.2) is 30.3 Å². The second-order valence-corrected chi connectivity index (χ2v) is 5.60. The fourth-order valence-corrected chi connectivity index (χ4v) is 2.63. The van der Waals surface area contributed by atoms with Crippen LogP contribution in [0.1, 0.15) is 21.5 Å². The molecule has 0 aromatic heterocycles. The number of carbonyl (C=O) groups is 1. The SMILES string of the molecule is COC(=O)c1cc(CNCc2ccc(OC)cc2)c(Cl)c(OC)c1O. The molecule has 0 fully saturated rings. The van der Waals surface area contributed by atoms with Crippen molar-refractivity contribution in [3.8, 4) is 17.2 Å². The van der Waals surface area contributed by atoms with E-state index in [1.54, 1.807) is 7.11 Å². The minimum atomic E-state index is -0.663. The fraction of sp³-hybridized carbons (Fsp3) is 0.278. The first-order valence-corrected chi connectivity index (χ1v) is 7.89. The molecule has 0 spiro atoms. The Bertz CT molecular complexity index is 746. The predicted octanol–water partition coefficient (Wildman–Crippen LogP) is 3.14. The molecule has 0 saturated carbocycles. The van der Waals surface area contributed by atoms with Gasteiger partial charge >= 0.3 is 5.97 Å². The highest BCUT2D eigenvalue weighted by molar-refractivity contribution is 6.33. The van der Waals surface area contributed by atoms with E-state index in [0.717, 1.165) is 11.3 Å².